The van der Waals surface area contributed by atoms with Crippen molar-refractivity contribution in [3.05, 3.63) is 148 Å². The average Bonchev–Trinajstić information content (AvgIpc) is 1.61. The summed E-state index contributed by atoms with van der Waals surface area (Å²) in [5.74, 6) is -10.8. The quantitative estimate of drug-likeness (QED) is 0.0707. The van der Waals surface area contributed by atoms with Gasteiger partial charge in [-0.15, -0.1) is 0 Å². The molecule has 0 saturated carbocycles. The number of Topliss-reactive ketones (excluding diaryl/α,β-unsaturated/α-hetero) is 1. The van der Waals surface area contributed by atoms with Crippen molar-refractivity contribution in [2.45, 2.75) is 172 Å². The molecule has 16 N–H and O–H groups in total. The van der Waals surface area contributed by atoms with Gasteiger partial charge in [-0.2, -0.15) is 0 Å². The molecule has 10 rings (SSSR count). The molecule has 34 nitrogen and oxygen atoms in total. The Kier molecular flexibility index (Phi) is 35.1. The predicted octanol–water partition coefficient (Wildman–Crippen LogP) is 3.97. The number of morpholine rings is 1. The lowest BCUT2D eigenvalue weighted by atomic mass is 9.95. The molecule has 119 heavy (non-hydrogen) atoms. The van der Waals surface area contributed by atoms with E-state index in [0.29, 0.717) is 43.1 Å². The number of carbonyl (C=O) groups excluding carboxylic acids is 9. The lowest BCUT2D eigenvalue weighted by molar-refractivity contribution is -0.131. The maximum atomic E-state index is 14.3. The summed E-state index contributed by atoms with van der Waals surface area (Å²) in [6.45, 7) is 13.1. The first kappa shape index (κ1) is 95.3. The second-order valence-electron chi connectivity index (χ2n) is 29.6. The number of aromatic hydroxyl groups is 4. The number of fused-ring (bicyclic) bond motifs is 6. The summed E-state index contributed by atoms with van der Waals surface area (Å²) in [6, 6.07) is 10.8. The SMILES string of the molecule is COc1cc(O)c2c(c1)NC(=O)C[C@H](O)[C@H](O)C(=O)/C=C\C[C@H](C)OC2=O.C[C@@H]1/C=C(/F)C(=O)[C@@H](O)C(O)CC2NC2c2cc(N(C)C)cc(O)c2C(=O)O[C@H]1C.C[C@@H]1/C=C\C(=O)[C@@H](O)[C@@H](O)C/C=C/c2cc(N3CCOCC3)cc(O)c2C(=O)O[C@H]1C.C[C@@H]1/C=C\C(=O)[C@@H](O)[C@@H](O)C/C=C/c2cc(OC[C@H](O)CO)cc(O)c2C(=O)O[C@H]1C. The summed E-state index contributed by atoms with van der Waals surface area (Å²) in [7, 11) is 4.91. The Morgan fingerprint density at radius 2 is 1.03 bits per heavy atom. The third-order valence-electron chi connectivity index (χ3n) is 20.1. The van der Waals surface area contributed by atoms with Crippen LogP contribution < -0.4 is 29.9 Å². The average molecular weight is 1670 g/mol. The van der Waals surface area contributed by atoms with Crippen LogP contribution in [0.1, 0.15) is 145 Å². The highest BCUT2D eigenvalue weighted by Crippen LogP contribution is 2.42. The first-order valence-electron chi connectivity index (χ1n) is 38.3. The van der Waals surface area contributed by atoms with Gasteiger partial charge in [0.05, 0.1) is 63.5 Å². The maximum Gasteiger partial charge on any atom is 0.344 e. The van der Waals surface area contributed by atoms with E-state index in [4.69, 9.17) is 38.3 Å². The first-order chi connectivity index (χ1) is 56.1. The summed E-state index contributed by atoms with van der Waals surface area (Å²) < 4.78 is 51.6. The number of nitrogens with one attached hydrogen (secondary N) is 2. The summed E-state index contributed by atoms with van der Waals surface area (Å²) in [4.78, 5) is 115. The van der Waals surface area contributed by atoms with E-state index < -0.39 is 175 Å². The Morgan fingerprint density at radius 3 is 1.59 bits per heavy atom. The normalized spacial score (nSPS) is 29.6. The topological polar surface area (TPSA) is 542 Å². The molecule has 2 fully saturated rings. The van der Waals surface area contributed by atoms with Crippen molar-refractivity contribution in [3.63, 3.8) is 0 Å². The molecule has 35 heteroatoms. The third-order valence-corrected chi connectivity index (χ3v) is 20.1. The Hall–Kier alpha value is -10.8. The number of phenolic OH excluding ortho intramolecular Hbond substituents is 4. The van der Waals surface area contributed by atoms with E-state index in [9.17, 15) is 114 Å². The number of hydrogen-bond donors (Lipinski definition) is 16. The number of ketones is 4. The van der Waals surface area contributed by atoms with Crippen LogP contribution in [0.4, 0.5) is 21.5 Å². The van der Waals surface area contributed by atoms with Gasteiger partial charge in [0.15, 0.2) is 23.2 Å². The molecule has 3 unspecified atom stereocenters. The van der Waals surface area contributed by atoms with Gasteiger partial charge < -0.3 is 125 Å². The van der Waals surface area contributed by atoms with E-state index >= 15 is 0 Å². The second-order valence-corrected chi connectivity index (χ2v) is 29.6. The molecule has 0 spiro atoms. The van der Waals surface area contributed by atoms with Crippen LogP contribution >= 0.6 is 0 Å². The van der Waals surface area contributed by atoms with Crippen molar-refractivity contribution >= 4 is 82.1 Å². The van der Waals surface area contributed by atoms with E-state index in [2.05, 4.69) is 10.6 Å². The van der Waals surface area contributed by atoms with Crippen LogP contribution in [0.3, 0.4) is 0 Å². The summed E-state index contributed by atoms with van der Waals surface area (Å²) >= 11 is 0. The molecule has 2 saturated heterocycles. The molecule has 0 radical (unpaired) electrons. The highest BCUT2D eigenvalue weighted by atomic mass is 19.1. The minimum atomic E-state index is -1.90. The Balaban J connectivity index is 0.000000219. The minimum absolute atomic E-state index is 0.00715. The largest absolute Gasteiger partial charge is 0.507 e. The van der Waals surface area contributed by atoms with Gasteiger partial charge in [0, 0.05) is 105 Å². The molecule has 0 aromatic heterocycles. The predicted molar refractivity (Wildman–Crippen MR) is 426 cm³/mol. The lowest BCUT2D eigenvalue weighted by Gasteiger charge is -2.29. The van der Waals surface area contributed by atoms with E-state index in [1.165, 1.54) is 86.9 Å². The second kappa shape index (κ2) is 43.8. The van der Waals surface area contributed by atoms with Gasteiger partial charge in [-0.3, -0.25) is 24.0 Å². The first-order valence-corrected chi connectivity index (χ1v) is 38.3. The number of rotatable bonds is 7. The number of anilines is 3. The van der Waals surface area contributed by atoms with Gasteiger partial charge in [-0.05, 0) is 106 Å². The van der Waals surface area contributed by atoms with Crippen LogP contribution in [0.5, 0.6) is 34.5 Å². The molecular formula is C84H105FN4O30. The number of amides is 1. The van der Waals surface area contributed by atoms with Crippen LogP contribution in [-0.2, 0) is 47.7 Å². The molecule has 0 aliphatic carbocycles. The molecule has 1 amide bonds. The summed E-state index contributed by atoms with van der Waals surface area (Å²) in [5.41, 5.74) is 2.04. The fourth-order valence-electron chi connectivity index (χ4n) is 12.3. The standard InChI is InChI=1S/C23H29NO7.C22H28O9.C21H27FN2O6.C18H21NO8/c1-14-6-7-19(26)22(28)18(25)5-3-4-16-12-17(24-8-10-30-11-9-24)13-20(27)21(16)23(29)31-15(14)2;1-12-6-7-18(26)21(28)17(25)5-3-4-14-8-16(30-11-15(24)10-23)9-19(27)20(14)22(29)31-13(12)2;1-9-5-13(22)19(27)20(28)16(26)8-14-18(23-14)12-6-11(24(3)4)7-15(25)17(12)21(29)30-10(9)2;1-9-4-3-5-12(20)17(24)14(22)8-15(23)19-11-6-10(26-2)7-13(21)16(11)18(25)27-9/h3-4,6-7,12-15,18,22,25,27-28H,5,8-11H2,1-2H3;3-4,6-9,12-13,15,17,21,23-25,27-28H,5,10-11H2,1-2H3;5-7,9-10,14,16,18,20,23,25-26,28H,8H2,1-4H3;3,5-7,9,14,17,21-22,24H,4,8H2,1-2H3,(H,19,23)/b2*4-3+,7-6-;13-5+;5-3-/t14-,15+,18+,22+;12-,13+,15-,17+,21+;9-,10+,14?,16?,18?,20+;9-,14-,17+/m1110/s1. The van der Waals surface area contributed by atoms with Crippen molar-refractivity contribution in [1.82, 2.24) is 5.32 Å². The van der Waals surface area contributed by atoms with Gasteiger partial charge >= 0.3 is 23.9 Å². The summed E-state index contributed by atoms with van der Waals surface area (Å²) in [6.07, 6.45) is -2.36. The van der Waals surface area contributed by atoms with Crippen molar-refractivity contribution in [2.75, 3.05) is 75.8 Å². The minimum Gasteiger partial charge on any atom is -0.507 e. The molecule has 18 atom stereocenters. The highest BCUT2D eigenvalue weighted by Gasteiger charge is 2.45. The van der Waals surface area contributed by atoms with Gasteiger partial charge in [-0.25, -0.2) is 23.6 Å². The van der Waals surface area contributed by atoms with Crippen LogP contribution in [0.25, 0.3) is 12.2 Å². The van der Waals surface area contributed by atoms with E-state index in [-0.39, 0.29) is 107 Å². The number of carbonyl (C=O) groups is 9. The smallest absolute Gasteiger partial charge is 0.344 e. The lowest BCUT2D eigenvalue weighted by Crippen LogP contribution is -2.36. The van der Waals surface area contributed by atoms with Crippen molar-refractivity contribution < 1.29 is 152 Å². The number of aliphatic hydroxyl groups is 10. The number of cyclic esters (lactones) is 4. The third kappa shape index (κ3) is 26.3. The number of esters is 4. The fraction of sp³-hybridized carbons (Fsp3) is 0.464. The zero-order valence-corrected chi connectivity index (χ0v) is 67.2. The molecule has 6 aliphatic rings. The number of hydrogen-bond acceptors (Lipinski definition) is 33. The Bertz CT molecular complexity index is 4490. The molecule has 6 heterocycles. The van der Waals surface area contributed by atoms with Gasteiger partial charge in [0.25, 0.3) is 0 Å². The number of nitrogens with zero attached hydrogens (tertiary/aromatic N) is 2. The van der Waals surface area contributed by atoms with Crippen LogP contribution in [0.2, 0.25) is 0 Å². The van der Waals surface area contributed by atoms with E-state index in [0.717, 1.165) is 23.9 Å². The van der Waals surface area contributed by atoms with Crippen LogP contribution in [-0.4, -0.2) is 271 Å². The number of methoxy groups -OCH3 is 1. The number of benzene rings is 4. The summed E-state index contributed by atoms with van der Waals surface area (Å²) in [5, 5.41) is 146. The highest BCUT2D eigenvalue weighted by molar-refractivity contribution is 6.05. The molecular weight excluding hydrogens is 1560 g/mol. The zero-order valence-electron chi connectivity index (χ0n) is 67.2. The van der Waals surface area contributed by atoms with Crippen molar-refractivity contribution in [3.8, 4) is 34.5 Å². The molecule has 648 valence electrons. The van der Waals surface area contributed by atoms with E-state index in [1.807, 2.05) is 4.90 Å². The Labute approximate surface area is 684 Å². The number of halogens is 1. The van der Waals surface area contributed by atoms with Gasteiger partial charge in [0.1, 0.15) is 118 Å². The van der Waals surface area contributed by atoms with Crippen molar-refractivity contribution in [2.24, 2.45) is 17.8 Å². The van der Waals surface area contributed by atoms with Gasteiger partial charge in [0.2, 0.25) is 11.7 Å². The molecule has 0 bridgehead atoms. The Morgan fingerprint density at radius 1 is 0.546 bits per heavy atom. The zero-order chi connectivity index (χ0) is 88.1. The van der Waals surface area contributed by atoms with E-state index in [1.54, 1.807) is 84.8 Å². The number of phenols is 4. The molecule has 6 aliphatic heterocycles. The van der Waals surface area contributed by atoms with Crippen molar-refractivity contribution in [1.29, 1.82) is 0 Å². The fourth-order valence-corrected chi connectivity index (χ4v) is 12.3. The van der Waals surface area contributed by atoms with Crippen LogP contribution in [0.15, 0.2) is 109 Å². The monoisotopic (exact) mass is 1670 g/mol. The molecule has 4 aromatic rings. The van der Waals surface area contributed by atoms with Crippen LogP contribution in [0, 0.1) is 17.8 Å². The number of aliphatic hydroxyl groups excluding tert-OH is 10. The number of ether oxygens (including phenoxy) is 7. The maximum absolute atomic E-state index is 14.3. The van der Waals surface area contributed by atoms with Gasteiger partial charge in [-0.1, -0.05) is 63.3 Å². The molecule has 4 aromatic carbocycles.